The lowest BCUT2D eigenvalue weighted by Gasteiger charge is -2.26. The number of nitrogens with one attached hydrogen (secondary N) is 1. The molecule has 6 heteroatoms. The third-order valence-electron chi connectivity index (χ3n) is 4.32. The molecule has 1 unspecified atom stereocenters. The van der Waals surface area contributed by atoms with Gasteiger partial charge in [0.1, 0.15) is 5.69 Å². The number of aromatic nitrogens is 1. The SMILES string of the molecule is CCNC(=O)c1ncccc1CC1N=NC(=O)C2=C1CCCC2. The summed E-state index contributed by atoms with van der Waals surface area (Å²) in [5.74, 6) is -0.365. The zero-order valence-electron chi connectivity index (χ0n) is 13.2. The van der Waals surface area contributed by atoms with Gasteiger partial charge in [-0.1, -0.05) is 6.07 Å². The molecule has 2 aliphatic rings. The van der Waals surface area contributed by atoms with Gasteiger partial charge < -0.3 is 5.32 Å². The van der Waals surface area contributed by atoms with Crippen LogP contribution in [-0.4, -0.2) is 29.4 Å². The summed E-state index contributed by atoms with van der Waals surface area (Å²) in [6, 6.07) is 3.56. The number of hydrogen-bond acceptors (Lipinski definition) is 4. The number of rotatable bonds is 4. The Hall–Kier alpha value is -2.37. The molecular weight excluding hydrogens is 292 g/mol. The Labute approximate surface area is 135 Å². The first-order valence-electron chi connectivity index (χ1n) is 8.10. The van der Waals surface area contributed by atoms with Crippen LogP contribution in [0.25, 0.3) is 0 Å². The van der Waals surface area contributed by atoms with Crippen LogP contribution in [0.4, 0.5) is 0 Å². The molecule has 120 valence electrons. The molecule has 1 atom stereocenters. The van der Waals surface area contributed by atoms with E-state index in [2.05, 4.69) is 20.5 Å². The van der Waals surface area contributed by atoms with Gasteiger partial charge in [0.15, 0.2) is 0 Å². The molecule has 0 spiro atoms. The molecule has 0 radical (unpaired) electrons. The summed E-state index contributed by atoms with van der Waals surface area (Å²) in [5.41, 5.74) is 3.20. The number of carbonyl (C=O) groups excluding carboxylic acids is 2. The minimum absolute atomic E-state index is 0.152. The normalized spacial score (nSPS) is 20.4. The topological polar surface area (TPSA) is 83.8 Å². The van der Waals surface area contributed by atoms with Gasteiger partial charge in [0.05, 0.1) is 6.04 Å². The van der Waals surface area contributed by atoms with Gasteiger partial charge >= 0.3 is 0 Å². The van der Waals surface area contributed by atoms with Crippen molar-refractivity contribution in [3.8, 4) is 0 Å². The third-order valence-corrected chi connectivity index (χ3v) is 4.32. The molecule has 2 heterocycles. The van der Waals surface area contributed by atoms with E-state index in [1.54, 1.807) is 6.20 Å². The highest BCUT2D eigenvalue weighted by Crippen LogP contribution is 2.33. The van der Waals surface area contributed by atoms with E-state index in [1.165, 1.54) is 0 Å². The van der Waals surface area contributed by atoms with Crippen LogP contribution in [-0.2, 0) is 11.2 Å². The van der Waals surface area contributed by atoms with Crippen molar-refractivity contribution in [3.63, 3.8) is 0 Å². The van der Waals surface area contributed by atoms with E-state index in [4.69, 9.17) is 0 Å². The van der Waals surface area contributed by atoms with E-state index in [9.17, 15) is 9.59 Å². The van der Waals surface area contributed by atoms with Gasteiger partial charge in [-0.3, -0.25) is 14.6 Å². The van der Waals surface area contributed by atoms with E-state index in [0.717, 1.165) is 42.4 Å². The van der Waals surface area contributed by atoms with Crippen LogP contribution in [0.5, 0.6) is 0 Å². The van der Waals surface area contributed by atoms with Crippen molar-refractivity contribution in [2.75, 3.05) is 6.54 Å². The average Bonchev–Trinajstić information content (AvgIpc) is 2.58. The lowest BCUT2D eigenvalue weighted by molar-refractivity contribution is -0.115. The predicted molar refractivity (Wildman–Crippen MR) is 85.1 cm³/mol. The maximum absolute atomic E-state index is 12.1. The highest BCUT2D eigenvalue weighted by atomic mass is 16.2. The number of azo groups is 1. The molecular formula is C17H20N4O2. The minimum atomic E-state index is -0.189. The molecule has 3 rings (SSSR count). The van der Waals surface area contributed by atoms with E-state index in [-0.39, 0.29) is 17.9 Å². The lowest BCUT2D eigenvalue weighted by Crippen LogP contribution is -2.27. The highest BCUT2D eigenvalue weighted by molar-refractivity contribution is 5.96. The summed E-state index contributed by atoms with van der Waals surface area (Å²) < 4.78 is 0. The second kappa shape index (κ2) is 6.81. The molecule has 1 aliphatic heterocycles. The Kier molecular flexibility index (Phi) is 4.60. The molecule has 1 aliphatic carbocycles. The molecule has 2 amide bonds. The fourth-order valence-corrected chi connectivity index (χ4v) is 3.22. The van der Waals surface area contributed by atoms with E-state index >= 15 is 0 Å². The van der Waals surface area contributed by atoms with Gasteiger partial charge in [0, 0.05) is 24.7 Å². The van der Waals surface area contributed by atoms with Crippen LogP contribution in [0, 0.1) is 0 Å². The number of nitrogens with zero attached hydrogens (tertiary/aromatic N) is 3. The highest BCUT2D eigenvalue weighted by Gasteiger charge is 2.29. The van der Waals surface area contributed by atoms with Gasteiger partial charge in [-0.2, -0.15) is 5.11 Å². The van der Waals surface area contributed by atoms with Crippen molar-refractivity contribution in [3.05, 3.63) is 40.7 Å². The van der Waals surface area contributed by atoms with Crippen molar-refractivity contribution in [1.82, 2.24) is 10.3 Å². The molecule has 0 bridgehead atoms. The number of carbonyl (C=O) groups is 2. The van der Waals surface area contributed by atoms with E-state index in [0.29, 0.717) is 18.7 Å². The first-order valence-corrected chi connectivity index (χ1v) is 8.10. The Morgan fingerprint density at radius 3 is 3.00 bits per heavy atom. The third kappa shape index (κ3) is 3.21. The maximum Gasteiger partial charge on any atom is 0.291 e. The summed E-state index contributed by atoms with van der Waals surface area (Å²) in [6.07, 6.45) is 5.96. The molecule has 0 saturated carbocycles. The van der Waals surface area contributed by atoms with Gasteiger partial charge in [0.2, 0.25) is 0 Å². The number of hydrogen-bond donors (Lipinski definition) is 1. The summed E-state index contributed by atoms with van der Waals surface area (Å²) in [7, 11) is 0. The van der Waals surface area contributed by atoms with Crippen molar-refractivity contribution in [2.24, 2.45) is 10.2 Å². The van der Waals surface area contributed by atoms with Crippen LogP contribution in [0.1, 0.15) is 48.7 Å². The maximum atomic E-state index is 12.1. The van der Waals surface area contributed by atoms with Crippen molar-refractivity contribution in [1.29, 1.82) is 0 Å². The second-order valence-electron chi connectivity index (χ2n) is 5.82. The molecule has 0 aromatic carbocycles. The number of pyridine rings is 1. The summed E-state index contributed by atoms with van der Waals surface area (Å²) in [5, 5.41) is 10.8. The zero-order chi connectivity index (χ0) is 16.2. The summed E-state index contributed by atoms with van der Waals surface area (Å²) in [4.78, 5) is 28.3. The minimum Gasteiger partial charge on any atom is -0.351 e. The average molecular weight is 312 g/mol. The number of amides is 2. The fraction of sp³-hybridized carbons (Fsp3) is 0.471. The van der Waals surface area contributed by atoms with Gasteiger partial charge in [-0.05, 0) is 49.8 Å². The van der Waals surface area contributed by atoms with Crippen molar-refractivity contribution in [2.45, 2.75) is 45.1 Å². The van der Waals surface area contributed by atoms with Gasteiger partial charge in [-0.25, -0.2) is 0 Å². The van der Waals surface area contributed by atoms with Crippen molar-refractivity contribution >= 4 is 11.8 Å². The van der Waals surface area contributed by atoms with Crippen molar-refractivity contribution < 1.29 is 9.59 Å². The van der Waals surface area contributed by atoms with E-state index < -0.39 is 0 Å². The molecule has 0 saturated heterocycles. The second-order valence-corrected chi connectivity index (χ2v) is 5.82. The largest absolute Gasteiger partial charge is 0.351 e. The Balaban J connectivity index is 1.87. The molecule has 0 fully saturated rings. The smallest absolute Gasteiger partial charge is 0.291 e. The molecule has 6 nitrogen and oxygen atoms in total. The van der Waals surface area contributed by atoms with Gasteiger partial charge in [0.25, 0.3) is 11.8 Å². The molecule has 1 aromatic heterocycles. The monoisotopic (exact) mass is 312 g/mol. The first kappa shape index (κ1) is 15.5. The first-order chi connectivity index (χ1) is 11.2. The molecule has 1 aromatic rings. The Bertz CT molecular complexity index is 694. The fourth-order valence-electron chi connectivity index (χ4n) is 3.22. The molecule has 1 N–H and O–H groups in total. The van der Waals surface area contributed by atoms with Gasteiger partial charge in [-0.15, -0.1) is 5.11 Å². The Morgan fingerprint density at radius 1 is 1.35 bits per heavy atom. The van der Waals surface area contributed by atoms with Crippen LogP contribution in [0.3, 0.4) is 0 Å². The summed E-state index contributed by atoms with van der Waals surface area (Å²) in [6.45, 7) is 2.43. The lowest BCUT2D eigenvalue weighted by atomic mass is 9.84. The quantitative estimate of drug-likeness (QED) is 0.927. The molecule has 23 heavy (non-hydrogen) atoms. The van der Waals surface area contributed by atoms with Crippen LogP contribution >= 0.6 is 0 Å². The predicted octanol–water partition coefficient (Wildman–Crippen LogP) is 2.61. The standard InChI is InChI=1S/C17H20N4O2/c1-2-18-17(23)15-11(6-5-9-19-15)10-14-12-7-3-4-8-13(12)16(22)21-20-14/h5-6,9,14H,2-4,7-8,10H2,1H3,(H,18,23). The van der Waals surface area contributed by atoms with Crippen LogP contribution in [0.15, 0.2) is 39.7 Å². The zero-order valence-corrected chi connectivity index (χ0v) is 13.2. The van der Waals surface area contributed by atoms with E-state index in [1.807, 2.05) is 19.1 Å². The van der Waals surface area contributed by atoms with Crippen LogP contribution < -0.4 is 5.32 Å². The van der Waals surface area contributed by atoms with Crippen LogP contribution in [0.2, 0.25) is 0 Å². The summed E-state index contributed by atoms with van der Waals surface area (Å²) >= 11 is 0. The Morgan fingerprint density at radius 2 is 2.17 bits per heavy atom.